The van der Waals surface area contributed by atoms with E-state index in [-0.39, 0.29) is 30.7 Å². The van der Waals surface area contributed by atoms with Crippen LogP contribution < -0.4 is 0 Å². The number of likely N-dealkylation sites (N-methyl/N-ethyl adjacent to an activating group) is 1. The molecular formula is C39H51N5O6. The van der Waals surface area contributed by atoms with Crippen LogP contribution >= 0.6 is 0 Å². The van der Waals surface area contributed by atoms with Crippen molar-refractivity contribution in [3.63, 3.8) is 0 Å². The van der Waals surface area contributed by atoms with E-state index in [0.717, 1.165) is 79.1 Å². The molecule has 11 nitrogen and oxygen atoms in total. The van der Waals surface area contributed by atoms with Crippen LogP contribution in [-0.4, -0.2) is 101 Å². The Balaban J connectivity index is 1.57. The summed E-state index contributed by atoms with van der Waals surface area (Å²) in [7, 11) is 1.52. The number of hydrogen-bond donors (Lipinski definition) is 7. The number of nitrogens with zero attached hydrogens (tertiary/aromatic N) is 3. The average Bonchev–Trinajstić information content (AvgIpc) is 3.80. The second kappa shape index (κ2) is 15.0. The van der Waals surface area contributed by atoms with Crippen molar-refractivity contribution in [2.24, 2.45) is 0 Å². The first-order valence-electron chi connectivity index (χ1n) is 17.3. The predicted molar refractivity (Wildman–Crippen MR) is 197 cm³/mol. The van der Waals surface area contributed by atoms with E-state index in [9.17, 15) is 25.2 Å². The zero-order chi connectivity index (χ0) is 36.6. The molecule has 8 bridgehead atoms. The normalized spacial score (nSPS) is 18.6. The molecule has 6 atom stereocenters. The Morgan fingerprint density at radius 2 is 1.56 bits per heavy atom. The van der Waals surface area contributed by atoms with E-state index in [2.05, 4.69) is 82.4 Å². The van der Waals surface area contributed by atoms with Crippen molar-refractivity contribution in [3.8, 4) is 0 Å². The molecule has 0 radical (unpaired) electrons. The first-order chi connectivity index (χ1) is 23.7. The minimum Gasteiger partial charge on any atom is -0.394 e. The third-order valence-corrected chi connectivity index (χ3v) is 10.6. The highest BCUT2D eigenvalue weighted by Gasteiger charge is 2.33. The molecule has 0 fully saturated rings. The molecule has 0 spiro atoms. The maximum absolute atomic E-state index is 13.3. The number of carbonyl (C=O) groups is 1. The first kappa shape index (κ1) is 37.1. The van der Waals surface area contributed by atoms with Crippen LogP contribution in [-0.2, 0) is 4.79 Å². The summed E-state index contributed by atoms with van der Waals surface area (Å²) in [6.45, 7) is 15.7. The summed E-state index contributed by atoms with van der Waals surface area (Å²) in [5.74, 6) is -0.356. The highest BCUT2D eigenvalue weighted by molar-refractivity contribution is 5.93. The quantitative estimate of drug-likeness (QED) is 0.151. The van der Waals surface area contributed by atoms with Gasteiger partial charge in [-0.3, -0.25) is 9.78 Å². The monoisotopic (exact) mass is 685 g/mol. The summed E-state index contributed by atoms with van der Waals surface area (Å²) >= 11 is 0. The SMILES string of the molecule is C=Cc1c(C)c2cc3nc(c(C)c4cc(C)c(cc5nc(cc1[nH]2)C(C)=C5CC)[nH]4)[C@@H](CCC(=O)N(C)C[C@H](O)[C@@H](O)[C@H](O)[C@H](O)CO)[C@@H]3C. The van der Waals surface area contributed by atoms with Crippen molar-refractivity contribution in [3.05, 3.63) is 75.9 Å². The van der Waals surface area contributed by atoms with E-state index in [1.165, 1.54) is 17.5 Å². The molecule has 1 amide bonds. The number of aromatic amines is 2. The average molecular weight is 686 g/mol. The minimum absolute atomic E-state index is 0.0195. The molecule has 0 saturated carbocycles. The van der Waals surface area contributed by atoms with Crippen molar-refractivity contribution in [1.29, 1.82) is 0 Å². The maximum Gasteiger partial charge on any atom is 0.222 e. The van der Waals surface area contributed by atoms with Crippen LogP contribution in [0.3, 0.4) is 0 Å². The maximum atomic E-state index is 13.3. The van der Waals surface area contributed by atoms with E-state index in [1.54, 1.807) is 0 Å². The van der Waals surface area contributed by atoms with Crippen LogP contribution in [0.15, 0.2) is 30.8 Å². The lowest BCUT2D eigenvalue weighted by molar-refractivity contribution is -0.138. The standard InChI is InChI=1S/C39H51N5O6/c1-9-24-21(5)30-16-33-25(10-2)20(4)29(41-33)15-31-22(6)26(11-12-36(48)44(8)17-34(46)38(49)39(50)35(47)18-45)37(43-31)23(7)28-13-19(3)27(40-28)14-32(24)42-30/h10,13-16,22,26,34-35,38-41,45-47,49-50H,2,9,11-12,17-18H2,1,3-8H3/t22-,26-,34-,35+,38+,39+/m0/s1. The lowest BCUT2D eigenvalue weighted by Crippen LogP contribution is -2.49. The number of aliphatic hydroxyl groups excluding tert-OH is 5. The molecule has 5 heterocycles. The molecule has 3 aromatic heterocycles. The number of aromatic nitrogens is 4. The summed E-state index contributed by atoms with van der Waals surface area (Å²) in [6.07, 6.45) is -3.28. The van der Waals surface area contributed by atoms with Crippen LogP contribution in [0.4, 0.5) is 0 Å². The Bertz CT molecular complexity index is 1980. The third kappa shape index (κ3) is 7.06. The summed E-state index contributed by atoms with van der Waals surface area (Å²) in [5, 5.41) is 49.4. The van der Waals surface area contributed by atoms with Gasteiger partial charge in [0.05, 0.1) is 18.0 Å². The number of amides is 1. The number of hydrogen-bond acceptors (Lipinski definition) is 8. The van der Waals surface area contributed by atoms with Gasteiger partial charge >= 0.3 is 0 Å². The van der Waals surface area contributed by atoms with E-state index >= 15 is 0 Å². The summed E-state index contributed by atoms with van der Waals surface area (Å²) in [6, 6.07) is 8.43. The first-order valence-corrected chi connectivity index (χ1v) is 17.3. The van der Waals surface area contributed by atoms with E-state index in [1.807, 2.05) is 6.08 Å². The van der Waals surface area contributed by atoms with Gasteiger partial charge in [-0.25, -0.2) is 4.98 Å². The molecule has 2 aliphatic rings. The fourth-order valence-electron chi connectivity index (χ4n) is 7.20. The second-order valence-corrected chi connectivity index (χ2v) is 13.8. The number of aliphatic hydroxyl groups is 5. The second-order valence-electron chi connectivity index (χ2n) is 13.8. The molecule has 11 heteroatoms. The van der Waals surface area contributed by atoms with E-state index in [4.69, 9.17) is 15.1 Å². The third-order valence-electron chi connectivity index (χ3n) is 10.6. The van der Waals surface area contributed by atoms with Crippen LogP contribution in [0, 0.1) is 20.8 Å². The van der Waals surface area contributed by atoms with Gasteiger partial charge in [0.2, 0.25) is 5.91 Å². The Morgan fingerprint density at radius 1 is 0.920 bits per heavy atom. The number of nitrogens with one attached hydrogen (secondary N) is 2. The predicted octanol–water partition coefficient (Wildman–Crippen LogP) is 4.79. The summed E-state index contributed by atoms with van der Waals surface area (Å²) in [4.78, 5) is 32.2. The van der Waals surface area contributed by atoms with Gasteiger partial charge in [0.15, 0.2) is 0 Å². The largest absolute Gasteiger partial charge is 0.394 e. The topological polar surface area (TPSA) is 179 Å². The van der Waals surface area contributed by atoms with Gasteiger partial charge in [-0.1, -0.05) is 26.5 Å². The Hall–Kier alpha value is -4.13. The zero-order valence-corrected chi connectivity index (χ0v) is 30.1. The van der Waals surface area contributed by atoms with Crippen LogP contribution in [0.1, 0.15) is 96.9 Å². The Morgan fingerprint density at radius 3 is 2.22 bits per heavy atom. The number of aryl methyl sites for hydroxylation is 3. The minimum atomic E-state index is -1.76. The van der Waals surface area contributed by atoms with E-state index < -0.39 is 31.0 Å². The number of allylic oxidation sites excluding steroid dienone is 2. The van der Waals surface area contributed by atoms with Gasteiger partial charge in [-0.2, -0.15) is 0 Å². The number of rotatable bonds is 11. The lowest BCUT2D eigenvalue weighted by atomic mass is 9.86. The fourth-order valence-corrected chi connectivity index (χ4v) is 7.20. The molecule has 268 valence electrons. The van der Waals surface area contributed by atoms with Gasteiger partial charge in [-0.15, -0.1) is 0 Å². The van der Waals surface area contributed by atoms with Crippen LogP contribution in [0.25, 0.3) is 39.3 Å². The number of fused-ring (bicyclic) bond motifs is 8. The van der Waals surface area contributed by atoms with E-state index in [0.29, 0.717) is 6.42 Å². The van der Waals surface area contributed by atoms with Crippen molar-refractivity contribution in [2.75, 3.05) is 20.2 Å². The summed E-state index contributed by atoms with van der Waals surface area (Å²) < 4.78 is 0. The molecule has 7 N–H and O–H groups in total. The van der Waals surface area contributed by atoms with Crippen LogP contribution in [0.5, 0.6) is 0 Å². The zero-order valence-electron chi connectivity index (χ0n) is 30.1. The molecule has 0 aliphatic carbocycles. The molecule has 0 saturated heterocycles. The molecule has 0 aromatic carbocycles. The van der Waals surface area contributed by atoms with Crippen molar-refractivity contribution in [2.45, 2.75) is 97.1 Å². The Kier molecular flexibility index (Phi) is 11.1. The number of H-pyrrole nitrogens is 2. The van der Waals surface area contributed by atoms with Gasteiger partial charge in [0.25, 0.3) is 0 Å². The van der Waals surface area contributed by atoms with Gasteiger partial charge < -0.3 is 40.4 Å². The van der Waals surface area contributed by atoms with Gasteiger partial charge in [-0.05, 0) is 92.6 Å². The van der Waals surface area contributed by atoms with Crippen molar-refractivity contribution in [1.82, 2.24) is 24.8 Å². The van der Waals surface area contributed by atoms with Crippen LogP contribution in [0.2, 0.25) is 0 Å². The van der Waals surface area contributed by atoms with Gasteiger partial charge in [0.1, 0.15) is 24.4 Å². The Labute approximate surface area is 293 Å². The highest BCUT2D eigenvalue weighted by atomic mass is 16.4. The fraction of sp³-hybridized carbons (Fsp3) is 0.462. The molecule has 3 aromatic rings. The number of carbonyl (C=O) groups excluding carboxylic acids is 1. The molecule has 5 rings (SSSR count). The molecule has 0 unspecified atom stereocenters. The van der Waals surface area contributed by atoms with Gasteiger partial charge in [0, 0.05) is 70.9 Å². The smallest absolute Gasteiger partial charge is 0.222 e. The molecule has 50 heavy (non-hydrogen) atoms. The van der Waals surface area contributed by atoms with Crippen molar-refractivity contribution >= 4 is 45.2 Å². The molecular weight excluding hydrogens is 634 g/mol. The lowest BCUT2D eigenvalue weighted by Gasteiger charge is -2.29. The molecule has 2 aliphatic heterocycles. The summed E-state index contributed by atoms with van der Waals surface area (Å²) in [5.41, 5.74) is 13.9. The van der Waals surface area contributed by atoms with Crippen molar-refractivity contribution < 1.29 is 30.3 Å². The highest BCUT2D eigenvalue weighted by Crippen LogP contribution is 2.42.